The molecule has 0 saturated heterocycles. The standard InChI is InChI=1S/C2N2.C2H6O/c3-1-2-4;1-2-3/h;3H,2H2,1H3. The predicted octanol–water partition coefficient (Wildman–Crippen LogP) is 0.0322. The number of rotatable bonds is 0. The van der Waals surface area contributed by atoms with Crippen LogP contribution in [0.1, 0.15) is 6.92 Å². The van der Waals surface area contributed by atoms with Gasteiger partial charge in [0.05, 0.1) is 0 Å². The molecule has 3 heteroatoms. The molecule has 0 fully saturated rings. The molecule has 7 heavy (non-hydrogen) atoms. The van der Waals surface area contributed by atoms with E-state index in [9.17, 15) is 0 Å². The van der Waals surface area contributed by atoms with Crippen molar-refractivity contribution >= 4 is 0 Å². The largest absolute Gasteiger partial charge is 0.397 e. The molecule has 0 saturated carbocycles. The molecule has 1 N–H and O–H groups in total. The summed E-state index contributed by atoms with van der Waals surface area (Å²) < 4.78 is 0. The van der Waals surface area contributed by atoms with Crippen molar-refractivity contribution in [3.63, 3.8) is 0 Å². The average Bonchev–Trinajstić information content (AvgIpc) is 1.69. The van der Waals surface area contributed by atoms with Gasteiger partial charge in [0.15, 0.2) is 12.1 Å². The molecule has 0 spiro atoms. The topological polar surface area (TPSA) is 67.8 Å². The van der Waals surface area contributed by atoms with Gasteiger partial charge in [-0.05, 0) is 6.92 Å². The Kier molecular flexibility index (Phi) is 27.2. The molecule has 0 bridgehead atoms. The first kappa shape index (κ1) is 9.34. The first-order chi connectivity index (χ1) is 3.33. The number of aliphatic hydroxyl groups is 1. The Hall–Kier alpha value is -1.06. The van der Waals surface area contributed by atoms with Gasteiger partial charge < -0.3 is 5.11 Å². The smallest absolute Gasteiger partial charge is 0.181 e. The molecule has 0 aromatic heterocycles. The van der Waals surface area contributed by atoms with Crippen molar-refractivity contribution in [2.24, 2.45) is 0 Å². The van der Waals surface area contributed by atoms with E-state index >= 15 is 0 Å². The van der Waals surface area contributed by atoms with Crippen LogP contribution in [0, 0.1) is 22.7 Å². The summed E-state index contributed by atoms with van der Waals surface area (Å²) in [5, 5.41) is 22.1. The maximum Gasteiger partial charge on any atom is 0.181 e. The number of hydrogen-bond acceptors (Lipinski definition) is 3. The summed E-state index contributed by atoms with van der Waals surface area (Å²) in [5.41, 5.74) is 0. The minimum absolute atomic E-state index is 0.250. The Morgan fingerprint density at radius 2 is 1.57 bits per heavy atom. The van der Waals surface area contributed by atoms with E-state index in [-0.39, 0.29) is 6.61 Å². The van der Waals surface area contributed by atoms with Gasteiger partial charge in [-0.2, -0.15) is 10.5 Å². The van der Waals surface area contributed by atoms with Gasteiger partial charge in [0, 0.05) is 6.61 Å². The van der Waals surface area contributed by atoms with E-state index in [4.69, 9.17) is 15.6 Å². The lowest BCUT2D eigenvalue weighted by Gasteiger charge is -1.52. The van der Waals surface area contributed by atoms with Crippen molar-refractivity contribution in [2.45, 2.75) is 6.92 Å². The van der Waals surface area contributed by atoms with E-state index in [2.05, 4.69) is 0 Å². The lowest BCUT2D eigenvalue weighted by atomic mass is 10.9. The molecule has 0 atom stereocenters. The Morgan fingerprint density at radius 1 is 1.43 bits per heavy atom. The third-order valence-electron chi connectivity index (χ3n) is 0.0500. The van der Waals surface area contributed by atoms with E-state index in [0.29, 0.717) is 0 Å². The molecule has 0 aliphatic rings. The fraction of sp³-hybridized carbons (Fsp3) is 0.500. The Morgan fingerprint density at radius 3 is 1.57 bits per heavy atom. The predicted molar refractivity (Wildman–Crippen MR) is 24.0 cm³/mol. The van der Waals surface area contributed by atoms with Crippen LogP contribution >= 0.6 is 0 Å². The van der Waals surface area contributed by atoms with Crippen LogP contribution in [-0.4, -0.2) is 11.7 Å². The van der Waals surface area contributed by atoms with Gasteiger partial charge in [0.2, 0.25) is 0 Å². The lowest BCUT2D eigenvalue weighted by Crippen LogP contribution is -1.57. The summed E-state index contributed by atoms with van der Waals surface area (Å²) in [6.45, 7) is 1.93. The minimum Gasteiger partial charge on any atom is -0.397 e. The molecular formula is C4H6N2O. The van der Waals surface area contributed by atoms with E-state index in [1.54, 1.807) is 6.92 Å². The number of hydrogen-bond donors (Lipinski definition) is 1. The van der Waals surface area contributed by atoms with Crippen LogP contribution < -0.4 is 0 Å². The Balaban J connectivity index is 0. The highest BCUT2D eigenvalue weighted by atomic mass is 16.2. The second kappa shape index (κ2) is 20.4. The maximum atomic E-state index is 7.57. The summed E-state index contributed by atoms with van der Waals surface area (Å²) in [5.74, 6) is 0. The lowest BCUT2D eigenvalue weighted by molar-refractivity contribution is 0.318. The van der Waals surface area contributed by atoms with Crippen molar-refractivity contribution < 1.29 is 5.11 Å². The average molecular weight is 98.1 g/mol. The van der Waals surface area contributed by atoms with Crippen LogP contribution in [0.15, 0.2) is 0 Å². The maximum absolute atomic E-state index is 7.57. The van der Waals surface area contributed by atoms with Crippen molar-refractivity contribution in [1.29, 1.82) is 10.5 Å². The molecule has 0 aliphatic carbocycles. The normalized spacial score (nSPS) is 4.00. The second-order valence-corrected chi connectivity index (χ2v) is 0.540. The number of nitrogens with zero attached hydrogens (tertiary/aromatic N) is 2. The van der Waals surface area contributed by atoms with Gasteiger partial charge in [0.25, 0.3) is 0 Å². The van der Waals surface area contributed by atoms with Crippen LogP contribution in [-0.2, 0) is 0 Å². The van der Waals surface area contributed by atoms with Gasteiger partial charge in [-0.3, -0.25) is 0 Å². The first-order valence-corrected chi connectivity index (χ1v) is 1.72. The van der Waals surface area contributed by atoms with Crippen molar-refractivity contribution in [3.8, 4) is 12.1 Å². The van der Waals surface area contributed by atoms with E-state index in [1.807, 2.05) is 0 Å². The van der Waals surface area contributed by atoms with E-state index < -0.39 is 0 Å². The zero-order valence-corrected chi connectivity index (χ0v) is 4.05. The third-order valence-corrected chi connectivity index (χ3v) is 0.0500. The summed E-state index contributed by atoms with van der Waals surface area (Å²) in [7, 11) is 0. The first-order valence-electron chi connectivity index (χ1n) is 1.72. The van der Waals surface area contributed by atoms with E-state index in [0.717, 1.165) is 0 Å². The van der Waals surface area contributed by atoms with Crippen molar-refractivity contribution in [3.05, 3.63) is 0 Å². The quantitative estimate of drug-likeness (QED) is 0.464. The summed E-state index contributed by atoms with van der Waals surface area (Å²) in [6.07, 6.45) is 0. The van der Waals surface area contributed by atoms with Crippen LogP contribution in [0.2, 0.25) is 0 Å². The molecule has 0 radical (unpaired) electrons. The molecule has 0 aromatic carbocycles. The van der Waals surface area contributed by atoms with Crippen LogP contribution in [0.5, 0.6) is 0 Å². The van der Waals surface area contributed by atoms with Gasteiger partial charge >= 0.3 is 0 Å². The highest BCUT2D eigenvalue weighted by Gasteiger charge is 1.39. The molecule has 0 aliphatic heterocycles. The second-order valence-electron chi connectivity index (χ2n) is 0.540. The highest BCUT2D eigenvalue weighted by molar-refractivity contribution is 4.99. The van der Waals surface area contributed by atoms with Crippen LogP contribution in [0.3, 0.4) is 0 Å². The zero-order valence-electron chi connectivity index (χ0n) is 4.05. The fourth-order valence-corrected chi connectivity index (χ4v) is 0. The SMILES string of the molecule is CCO.N#CC#N. The number of nitriles is 2. The molecular weight excluding hydrogens is 92.1 g/mol. The zero-order chi connectivity index (χ0) is 6.12. The number of aliphatic hydroxyl groups excluding tert-OH is 1. The van der Waals surface area contributed by atoms with Gasteiger partial charge in [-0.1, -0.05) is 0 Å². The molecule has 0 rings (SSSR count). The molecule has 0 aromatic rings. The molecule has 3 nitrogen and oxygen atoms in total. The van der Waals surface area contributed by atoms with Crippen molar-refractivity contribution in [2.75, 3.05) is 6.61 Å². The minimum atomic E-state index is 0.250. The molecule has 0 heterocycles. The Labute approximate surface area is 42.4 Å². The van der Waals surface area contributed by atoms with Gasteiger partial charge in [-0.25, -0.2) is 0 Å². The highest BCUT2D eigenvalue weighted by Crippen LogP contribution is 1.30. The third kappa shape index (κ3) is 11900. The molecule has 0 amide bonds. The summed E-state index contributed by atoms with van der Waals surface area (Å²) in [6, 6.07) is 2.47. The van der Waals surface area contributed by atoms with Gasteiger partial charge in [-0.15, -0.1) is 0 Å². The molecule has 0 unspecified atom stereocenters. The van der Waals surface area contributed by atoms with Gasteiger partial charge in [0.1, 0.15) is 0 Å². The summed E-state index contributed by atoms with van der Waals surface area (Å²) >= 11 is 0. The van der Waals surface area contributed by atoms with Crippen LogP contribution in [0.4, 0.5) is 0 Å². The van der Waals surface area contributed by atoms with E-state index in [1.165, 1.54) is 12.1 Å². The molecule has 38 valence electrons. The summed E-state index contributed by atoms with van der Waals surface area (Å²) in [4.78, 5) is 0. The fourth-order valence-electron chi connectivity index (χ4n) is 0. The monoisotopic (exact) mass is 98.0 g/mol. The Bertz CT molecular complexity index is 74.8. The van der Waals surface area contributed by atoms with Crippen molar-refractivity contribution in [1.82, 2.24) is 0 Å². The van der Waals surface area contributed by atoms with Crippen LogP contribution in [0.25, 0.3) is 0 Å².